The minimum Gasteiger partial charge on any atom is -0.398 e. The minimum absolute atomic E-state index is 0.389. The van der Waals surface area contributed by atoms with E-state index in [2.05, 4.69) is 15.5 Å². The molecule has 2 N–H and O–H groups in total. The van der Waals surface area contributed by atoms with Crippen molar-refractivity contribution in [2.24, 2.45) is 0 Å². The van der Waals surface area contributed by atoms with E-state index in [0.717, 1.165) is 0 Å². The second-order valence-electron chi connectivity index (χ2n) is 4.06. The van der Waals surface area contributed by atoms with Gasteiger partial charge >= 0.3 is 0 Å². The van der Waals surface area contributed by atoms with Crippen molar-refractivity contribution < 1.29 is 13.9 Å². The predicted octanol–water partition coefficient (Wildman–Crippen LogP) is 0.724. The Balaban J connectivity index is 2.06. The highest BCUT2D eigenvalue weighted by atomic mass is 19.1. The highest BCUT2D eigenvalue weighted by molar-refractivity contribution is 5.71. The average Bonchev–Trinajstić information content (AvgIpc) is 2.89. The maximum Gasteiger partial charge on any atom is 0.184 e. The van der Waals surface area contributed by atoms with Crippen molar-refractivity contribution >= 4 is 5.69 Å². The van der Waals surface area contributed by atoms with Crippen LogP contribution in [-0.4, -0.2) is 47.1 Å². The maximum atomic E-state index is 13.3. The van der Waals surface area contributed by atoms with E-state index in [1.54, 1.807) is 7.11 Å². The Bertz CT molecular complexity index is 561. The molecule has 8 heteroatoms. The van der Waals surface area contributed by atoms with Gasteiger partial charge in [-0.3, -0.25) is 0 Å². The molecule has 108 valence electrons. The van der Waals surface area contributed by atoms with Gasteiger partial charge in [0.25, 0.3) is 0 Å². The number of hydrogen-bond donors (Lipinski definition) is 1. The van der Waals surface area contributed by atoms with E-state index in [1.165, 1.54) is 22.9 Å². The van der Waals surface area contributed by atoms with E-state index in [4.69, 9.17) is 15.2 Å². The largest absolute Gasteiger partial charge is 0.398 e. The Hall–Kier alpha value is -2.06. The fourth-order valence-corrected chi connectivity index (χ4v) is 1.67. The number of aromatic nitrogens is 4. The average molecular weight is 281 g/mol. The van der Waals surface area contributed by atoms with Crippen molar-refractivity contribution in [3.63, 3.8) is 0 Å². The number of anilines is 1. The first kappa shape index (κ1) is 14.4. The molecule has 0 fully saturated rings. The molecule has 0 unspecified atom stereocenters. The standard InChI is InChI=1S/C12H16FN5O2/c1-19-6-7-20-5-4-18-12(15-16-17-18)10-8-9(13)2-3-11(10)14/h2-3,8H,4-7,14H2,1H3. The summed E-state index contributed by atoms with van der Waals surface area (Å²) in [5.41, 5.74) is 6.70. The van der Waals surface area contributed by atoms with Crippen LogP contribution in [0.15, 0.2) is 18.2 Å². The Morgan fingerprint density at radius 2 is 2.15 bits per heavy atom. The summed E-state index contributed by atoms with van der Waals surface area (Å²) in [5.74, 6) is 0.0254. The van der Waals surface area contributed by atoms with Crippen molar-refractivity contribution in [3.05, 3.63) is 24.0 Å². The number of halogens is 1. The number of nitrogens with zero attached hydrogens (tertiary/aromatic N) is 4. The second-order valence-corrected chi connectivity index (χ2v) is 4.06. The van der Waals surface area contributed by atoms with Crippen LogP contribution in [0, 0.1) is 5.82 Å². The molecule has 1 aromatic carbocycles. The molecule has 1 aromatic heterocycles. The molecule has 2 rings (SSSR count). The normalized spacial score (nSPS) is 10.9. The third kappa shape index (κ3) is 3.49. The Morgan fingerprint density at radius 1 is 1.30 bits per heavy atom. The van der Waals surface area contributed by atoms with Gasteiger partial charge in [0, 0.05) is 18.4 Å². The molecule has 0 aliphatic rings. The minimum atomic E-state index is -0.389. The van der Waals surface area contributed by atoms with Gasteiger partial charge in [-0.25, -0.2) is 9.07 Å². The zero-order valence-electron chi connectivity index (χ0n) is 11.1. The molecule has 0 spiro atoms. The molecule has 0 aliphatic carbocycles. The summed E-state index contributed by atoms with van der Waals surface area (Å²) in [5, 5.41) is 11.3. The topological polar surface area (TPSA) is 88.1 Å². The van der Waals surface area contributed by atoms with Crippen molar-refractivity contribution in [3.8, 4) is 11.4 Å². The van der Waals surface area contributed by atoms with Crippen LogP contribution in [-0.2, 0) is 16.0 Å². The van der Waals surface area contributed by atoms with Gasteiger partial charge in [-0.2, -0.15) is 0 Å². The van der Waals surface area contributed by atoms with Crippen LogP contribution in [0.25, 0.3) is 11.4 Å². The molecule has 0 atom stereocenters. The first-order valence-electron chi connectivity index (χ1n) is 6.10. The van der Waals surface area contributed by atoms with Gasteiger partial charge in [-0.15, -0.1) is 5.10 Å². The number of benzene rings is 1. The molecule has 20 heavy (non-hydrogen) atoms. The third-order valence-corrected chi connectivity index (χ3v) is 2.67. The lowest BCUT2D eigenvalue weighted by atomic mass is 10.1. The molecule has 0 radical (unpaired) electrons. The molecule has 0 saturated heterocycles. The zero-order valence-corrected chi connectivity index (χ0v) is 11.1. The molecule has 0 amide bonds. The van der Waals surface area contributed by atoms with E-state index in [9.17, 15) is 4.39 Å². The second kappa shape index (κ2) is 6.92. The fraction of sp³-hybridized carbons (Fsp3) is 0.417. The van der Waals surface area contributed by atoms with Crippen LogP contribution in [0.3, 0.4) is 0 Å². The summed E-state index contributed by atoms with van der Waals surface area (Å²) in [6, 6.07) is 4.09. The van der Waals surface area contributed by atoms with Crippen LogP contribution in [0.4, 0.5) is 10.1 Å². The van der Waals surface area contributed by atoms with E-state index < -0.39 is 0 Å². The zero-order chi connectivity index (χ0) is 14.4. The monoisotopic (exact) mass is 281 g/mol. The van der Waals surface area contributed by atoms with Gasteiger partial charge in [-0.1, -0.05) is 0 Å². The smallest absolute Gasteiger partial charge is 0.184 e. The lowest BCUT2D eigenvalue weighted by Crippen LogP contribution is -2.12. The summed E-state index contributed by atoms with van der Waals surface area (Å²) in [7, 11) is 1.61. The molecular weight excluding hydrogens is 265 g/mol. The van der Waals surface area contributed by atoms with Gasteiger partial charge in [0.05, 0.1) is 26.4 Å². The van der Waals surface area contributed by atoms with Crippen molar-refractivity contribution in [1.29, 1.82) is 0 Å². The number of methoxy groups -OCH3 is 1. The first-order chi connectivity index (χ1) is 9.72. The van der Waals surface area contributed by atoms with Gasteiger partial charge in [-0.05, 0) is 28.6 Å². The van der Waals surface area contributed by atoms with Crippen LogP contribution in [0.5, 0.6) is 0 Å². The molecule has 1 heterocycles. The summed E-state index contributed by atoms with van der Waals surface area (Å²) in [6.45, 7) is 1.90. The highest BCUT2D eigenvalue weighted by Crippen LogP contribution is 2.24. The lowest BCUT2D eigenvalue weighted by molar-refractivity contribution is 0.0654. The van der Waals surface area contributed by atoms with E-state index in [0.29, 0.717) is 43.4 Å². The van der Waals surface area contributed by atoms with Crippen molar-refractivity contribution in [1.82, 2.24) is 20.2 Å². The number of hydrogen-bond acceptors (Lipinski definition) is 6. The third-order valence-electron chi connectivity index (χ3n) is 2.67. The molecule has 0 bridgehead atoms. The summed E-state index contributed by atoms with van der Waals surface area (Å²) in [6.07, 6.45) is 0. The van der Waals surface area contributed by atoms with Gasteiger partial charge in [0.1, 0.15) is 5.82 Å². The van der Waals surface area contributed by atoms with Crippen LogP contribution >= 0.6 is 0 Å². The number of rotatable bonds is 7. The van der Waals surface area contributed by atoms with Gasteiger partial charge in [0.15, 0.2) is 5.82 Å². The van der Waals surface area contributed by atoms with Crippen molar-refractivity contribution in [2.75, 3.05) is 32.7 Å². The number of nitrogens with two attached hydrogens (primary N) is 1. The Labute approximate surface area is 115 Å². The Kier molecular flexibility index (Phi) is 4.97. The molecule has 2 aromatic rings. The quantitative estimate of drug-likeness (QED) is 0.594. The van der Waals surface area contributed by atoms with Gasteiger partial charge < -0.3 is 15.2 Å². The van der Waals surface area contributed by atoms with Crippen LogP contribution in [0.1, 0.15) is 0 Å². The maximum absolute atomic E-state index is 13.3. The van der Waals surface area contributed by atoms with Gasteiger partial charge in [0.2, 0.25) is 0 Å². The van der Waals surface area contributed by atoms with Crippen LogP contribution in [0.2, 0.25) is 0 Å². The van der Waals surface area contributed by atoms with E-state index in [-0.39, 0.29) is 5.82 Å². The number of tetrazole rings is 1. The number of ether oxygens (including phenoxy) is 2. The summed E-state index contributed by atoms with van der Waals surface area (Å²) < 4.78 is 25.0. The van der Waals surface area contributed by atoms with Crippen molar-refractivity contribution in [2.45, 2.75) is 6.54 Å². The molecular formula is C12H16FN5O2. The Morgan fingerprint density at radius 3 is 2.95 bits per heavy atom. The lowest BCUT2D eigenvalue weighted by Gasteiger charge is -2.07. The number of nitrogen functional groups attached to an aromatic ring is 1. The van der Waals surface area contributed by atoms with E-state index in [1.807, 2.05) is 0 Å². The summed E-state index contributed by atoms with van der Waals surface area (Å²) in [4.78, 5) is 0. The van der Waals surface area contributed by atoms with Crippen LogP contribution < -0.4 is 5.73 Å². The summed E-state index contributed by atoms with van der Waals surface area (Å²) >= 11 is 0. The molecule has 0 aliphatic heterocycles. The fourth-order valence-electron chi connectivity index (χ4n) is 1.67. The molecule has 0 saturated carbocycles. The first-order valence-corrected chi connectivity index (χ1v) is 6.10. The molecule has 7 nitrogen and oxygen atoms in total. The highest BCUT2D eigenvalue weighted by Gasteiger charge is 2.12. The SMILES string of the molecule is COCCOCCn1nnnc1-c1cc(F)ccc1N. The predicted molar refractivity (Wildman–Crippen MR) is 70.3 cm³/mol. The van der Waals surface area contributed by atoms with E-state index >= 15 is 0 Å².